The van der Waals surface area contributed by atoms with Crippen LogP contribution in [0, 0.1) is 0 Å². The number of hydrogen-bond acceptors (Lipinski definition) is 3. The van der Waals surface area contributed by atoms with Crippen LogP contribution in [0.2, 0.25) is 0 Å². The number of carbonyl (C=O) groups excluding carboxylic acids is 1. The van der Waals surface area contributed by atoms with E-state index in [0.29, 0.717) is 28.8 Å². The third kappa shape index (κ3) is 6.30. The fourth-order valence-corrected chi connectivity index (χ4v) is 4.01. The molecule has 0 aliphatic heterocycles. The maximum Gasteiger partial charge on any atom is 0.420 e. The molecule has 0 fully saturated rings. The Labute approximate surface area is 219 Å². The van der Waals surface area contributed by atoms with Crippen LogP contribution in [-0.2, 0) is 17.1 Å². The van der Waals surface area contributed by atoms with Gasteiger partial charge in [-0.2, -0.15) is 26.3 Å². The van der Waals surface area contributed by atoms with Gasteiger partial charge in [-0.25, -0.2) is 0 Å². The fraction of sp³-hybridized carbons (Fsp3) is 0.250. The minimum Gasteiger partial charge on any atom is -0.481 e. The smallest absolute Gasteiger partial charge is 0.420 e. The quantitative estimate of drug-likeness (QED) is 0.227. The maximum absolute atomic E-state index is 14.1. The van der Waals surface area contributed by atoms with Crippen molar-refractivity contribution in [3.8, 4) is 17.2 Å². The number of halogens is 6. The first-order chi connectivity index (χ1) is 18.2. The highest BCUT2D eigenvalue weighted by atomic mass is 19.4. The monoisotopic (exact) mass is 550 g/mol. The molecule has 0 spiro atoms. The maximum atomic E-state index is 14.1. The van der Waals surface area contributed by atoms with Crippen molar-refractivity contribution in [1.82, 2.24) is 4.98 Å². The van der Waals surface area contributed by atoms with Crippen molar-refractivity contribution in [2.75, 3.05) is 5.32 Å². The van der Waals surface area contributed by atoms with Crippen LogP contribution >= 0.6 is 0 Å². The number of nitrogens with one attached hydrogen (secondary N) is 2. The van der Waals surface area contributed by atoms with Gasteiger partial charge in [0.1, 0.15) is 22.6 Å². The van der Waals surface area contributed by atoms with E-state index in [1.165, 1.54) is 25.1 Å². The van der Waals surface area contributed by atoms with Crippen LogP contribution in [-0.4, -0.2) is 17.0 Å². The van der Waals surface area contributed by atoms with Crippen molar-refractivity contribution < 1.29 is 40.6 Å². The van der Waals surface area contributed by atoms with Crippen LogP contribution in [0.25, 0.3) is 10.9 Å². The number of para-hydroxylation sites is 1. The fourth-order valence-electron chi connectivity index (χ4n) is 4.01. The number of anilines is 1. The number of aromatic nitrogens is 1. The summed E-state index contributed by atoms with van der Waals surface area (Å²) in [6.45, 7) is 5.12. The highest BCUT2D eigenvalue weighted by molar-refractivity contribution is 5.94. The predicted octanol–water partition coefficient (Wildman–Crippen LogP) is 8.53. The van der Waals surface area contributed by atoms with Crippen LogP contribution in [0.3, 0.4) is 0 Å². The van der Waals surface area contributed by atoms with E-state index in [2.05, 4.69) is 10.3 Å². The molecule has 0 aliphatic carbocycles. The normalized spacial score (nSPS) is 13.0. The van der Waals surface area contributed by atoms with Gasteiger partial charge in [-0.05, 0) is 60.9 Å². The van der Waals surface area contributed by atoms with Gasteiger partial charge in [0.15, 0.2) is 11.9 Å². The molecule has 4 rings (SSSR count). The van der Waals surface area contributed by atoms with E-state index < -0.39 is 46.9 Å². The third-order valence-corrected chi connectivity index (χ3v) is 5.92. The summed E-state index contributed by atoms with van der Waals surface area (Å²) in [5.74, 6) is -2.21. The summed E-state index contributed by atoms with van der Waals surface area (Å²) >= 11 is 0. The Morgan fingerprint density at radius 3 is 2.03 bits per heavy atom. The molecule has 0 saturated heterocycles. The van der Waals surface area contributed by atoms with Gasteiger partial charge < -0.3 is 19.8 Å². The molecule has 39 heavy (non-hydrogen) atoms. The lowest BCUT2D eigenvalue weighted by Gasteiger charge is -2.21. The van der Waals surface area contributed by atoms with Gasteiger partial charge in [-0.15, -0.1) is 0 Å². The average Bonchev–Trinajstić information content (AvgIpc) is 3.27. The SMILES string of the molecule is CC(Oc1ccccc1)C(=O)Nc1cc(C(F)(F)F)c(Oc2ccc3[nH]cc(C(C)C)c3c2)c(C(F)(F)F)c1. The minimum absolute atomic E-state index is 0.0432. The molecule has 0 aliphatic rings. The molecule has 1 atom stereocenters. The summed E-state index contributed by atoms with van der Waals surface area (Å²) in [6, 6.07) is 13.1. The molecular formula is C28H24F6N2O3. The van der Waals surface area contributed by atoms with Crippen LogP contribution in [0.15, 0.2) is 66.9 Å². The molecule has 1 amide bonds. The van der Waals surface area contributed by atoms with Gasteiger partial charge in [-0.1, -0.05) is 32.0 Å². The van der Waals surface area contributed by atoms with E-state index in [1.54, 1.807) is 36.5 Å². The van der Waals surface area contributed by atoms with E-state index in [-0.39, 0.29) is 11.7 Å². The van der Waals surface area contributed by atoms with Crippen molar-refractivity contribution >= 4 is 22.5 Å². The van der Waals surface area contributed by atoms with Gasteiger partial charge >= 0.3 is 12.4 Å². The Hall–Kier alpha value is -4.15. The first-order valence-electron chi connectivity index (χ1n) is 11.9. The largest absolute Gasteiger partial charge is 0.481 e. The zero-order valence-corrected chi connectivity index (χ0v) is 21.0. The van der Waals surface area contributed by atoms with Crippen molar-refractivity contribution in [1.29, 1.82) is 0 Å². The first-order valence-corrected chi connectivity index (χ1v) is 11.9. The van der Waals surface area contributed by atoms with Gasteiger partial charge in [0, 0.05) is 22.8 Å². The lowest BCUT2D eigenvalue weighted by Crippen LogP contribution is -2.30. The molecule has 2 N–H and O–H groups in total. The van der Waals surface area contributed by atoms with Crippen LogP contribution in [0.5, 0.6) is 17.2 Å². The molecule has 1 unspecified atom stereocenters. The second kappa shape index (κ2) is 10.5. The molecule has 206 valence electrons. The number of fused-ring (bicyclic) bond motifs is 1. The first kappa shape index (κ1) is 27.9. The second-order valence-electron chi connectivity index (χ2n) is 9.17. The summed E-state index contributed by atoms with van der Waals surface area (Å²) in [6.07, 6.45) is -9.95. The summed E-state index contributed by atoms with van der Waals surface area (Å²) in [4.78, 5) is 15.6. The molecule has 0 radical (unpaired) electrons. The van der Waals surface area contributed by atoms with Crippen LogP contribution in [0.4, 0.5) is 32.0 Å². The van der Waals surface area contributed by atoms with Gasteiger partial charge in [0.25, 0.3) is 5.91 Å². The lowest BCUT2D eigenvalue weighted by atomic mass is 10.0. The van der Waals surface area contributed by atoms with E-state index in [0.717, 1.165) is 5.56 Å². The van der Waals surface area contributed by atoms with Crippen molar-refractivity contribution in [2.45, 2.75) is 45.1 Å². The number of benzene rings is 3. The highest BCUT2D eigenvalue weighted by Crippen LogP contribution is 2.47. The zero-order valence-electron chi connectivity index (χ0n) is 21.0. The molecule has 0 bridgehead atoms. The predicted molar refractivity (Wildman–Crippen MR) is 134 cm³/mol. The number of H-pyrrole nitrogens is 1. The van der Waals surface area contributed by atoms with Gasteiger partial charge in [0.05, 0.1) is 0 Å². The molecule has 5 nitrogen and oxygen atoms in total. The number of carbonyl (C=O) groups is 1. The van der Waals surface area contributed by atoms with Crippen molar-refractivity contribution in [3.05, 3.63) is 83.6 Å². The topological polar surface area (TPSA) is 63.4 Å². The standard InChI is InChI=1S/C28H24F6N2O3/c1-15(2)21-14-35-24-10-9-19(13-20(21)24)39-25-22(27(29,30)31)11-17(12-23(25)28(32,33)34)36-26(37)16(3)38-18-7-5-4-6-8-18/h4-16,35H,1-3H3,(H,36,37). The Balaban J connectivity index is 1.73. The Bertz CT molecular complexity index is 1440. The number of amides is 1. The van der Waals surface area contributed by atoms with Crippen molar-refractivity contribution in [3.63, 3.8) is 0 Å². The summed E-state index contributed by atoms with van der Waals surface area (Å²) in [5, 5.41) is 2.71. The molecular weight excluding hydrogens is 526 g/mol. The van der Waals surface area contributed by atoms with Crippen LogP contribution in [0.1, 0.15) is 43.4 Å². The molecule has 11 heteroatoms. The second-order valence-corrected chi connectivity index (χ2v) is 9.17. The van der Waals surface area contributed by atoms with E-state index >= 15 is 0 Å². The van der Waals surface area contributed by atoms with Crippen molar-refractivity contribution in [2.24, 2.45) is 0 Å². The number of alkyl halides is 6. The molecule has 1 aromatic heterocycles. The average molecular weight is 550 g/mol. The summed E-state index contributed by atoms with van der Waals surface area (Å²) in [7, 11) is 0. The van der Waals surface area contributed by atoms with E-state index in [4.69, 9.17) is 9.47 Å². The zero-order chi connectivity index (χ0) is 28.5. The number of hydrogen-bond donors (Lipinski definition) is 2. The van der Waals surface area contributed by atoms with Crippen LogP contribution < -0.4 is 14.8 Å². The molecule has 0 saturated carbocycles. The number of aromatic amines is 1. The Morgan fingerprint density at radius 1 is 0.846 bits per heavy atom. The van der Waals surface area contributed by atoms with E-state index in [9.17, 15) is 31.1 Å². The Morgan fingerprint density at radius 2 is 1.46 bits per heavy atom. The lowest BCUT2D eigenvalue weighted by molar-refractivity contribution is -0.145. The van der Waals surface area contributed by atoms with Gasteiger partial charge in [-0.3, -0.25) is 4.79 Å². The van der Waals surface area contributed by atoms with Gasteiger partial charge in [0.2, 0.25) is 0 Å². The number of rotatable bonds is 7. The van der Waals surface area contributed by atoms with E-state index in [1.807, 2.05) is 13.8 Å². The number of ether oxygens (including phenoxy) is 2. The summed E-state index contributed by atoms with van der Waals surface area (Å²) in [5.41, 5.74) is -2.61. The Kier molecular flexibility index (Phi) is 7.54. The highest BCUT2D eigenvalue weighted by Gasteiger charge is 2.43. The molecule has 4 aromatic rings. The molecule has 3 aromatic carbocycles. The summed E-state index contributed by atoms with van der Waals surface area (Å²) < 4.78 is 95.1. The minimum atomic E-state index is -5.23. The molecule has 1 heterocycles. The third-order valence-electron chi connectivity index (χ3n) is 5.92.